The summed E-state index contributed by atoms with van der Waals surface area (Å²) in [7, 11) is -7.22. The van der Waals surface area contributed by atoms with Gasteiger partial charge in [-0.2, -0.15) is 0 Å². The predicted molar refractivity (Wildman–Crippen MR) is 114 cm³/mol. The van der Waals surface area contributed by atoms with Crippen LogP contribution in [0.5, 0.6) is 5.75 Å². The van der Waals surface area contributed by atoms with E-state index in [1.165, 1.54) is 12.1 Å². The molecule has 1 N–H and O–H groups in total. The molecule has 3 rings (SSSR count). The molecule has 8 heteroatoms. The Morgan fingerprint density at radius 2 is 1.69 bits per heavy atom. The first-order valence-electron chi connectivity index (χ1n) is 9.66. The lowest BCUT2D eigenvalue weighted by Crippen LogP contribution is -2.44. The van der Waals surface area contributed by atoms with Crippen molar-refractivity contribution < 1.29 is 21.6 Å². The van der Waals surface area contributed by atoms with E-state index in [2.05, 4.69) is 5.32 Å². The second-order valence-electron chi connectivity index (χ2n) is 7.59. The molecular formula is C21H27NO5S2. The largest absolute Gasteiger partial charge is 0.491 e. The Labute approximate surface area is 173 Å². The molecule has 2 aromatic carbocycles. The fourth-order valence-corrected chi connectivity index (χ4v) is 8.23. The maximum absolute atomic E-state index is 13.2. The van der Waals surface area contributed by atoms with Gasteiger partial charge in [0.1, 0.15) is 5.75 Å². The molecule has 2 atom stereocenters. The van der Waals surface area contributed by atoms with E-state index in [1.54, 1.807) is 12.1 Å². The number of hydrogen-bond acceptors (Lipinski definition) is 6. The third-order valence-corrected chi connectivity index (χ3v) is 9.05. The van der Waals surface area contributed by atoms with Crippen LogP contribution >= 0.6 is 0 Å². The summed E-state index contributed by atoms with van der Waals surface area (Å²) in [6, 6.07) is 15.3. The fraction of sp³-hybridized carbons (Fsp3) is 0.429. The molecule has 0 unspecified atom stereocenters. The standard InChI is InChI=1S/C21H27NO5S2/c1-16(2)27-18-8-10-19(11-9-18)29(25,26)21-15-28(23,24)14-20(21)22-13-12-17-6-4-3-5-7-17/h3-11,16,20-22H,12-15H2,1-2H3/t20-,21-/m0/s1. The lowest BCUT2D eigenvalue weighted by Gasteiger charge is -2.20. The highest BCUT2D eigenvalue weighted by molar-refractivity contribution is 7.96. The van der Waals surface area contributed by atoms with Crippen LogP contribution in [0.4, 0.5) is 0 Å². The summed E-state index contributed by atoms with van der Waals surface area (Å²) in [4.78, 5) is 0.116. The molecule has 0 bridgehead atoms. The maximum atomic E-state index is 13.2. The molecule has 0 aromatic heterocycles. The van der Waals surface area contributed by atoms with Crippen LogP contribution in [0.15, 0.2) is 59.5 Å². The van der Waals surface area contributed by atoms with Crippen molar-refractivity contribution in [2.24, 2.45) is 0 Å². The van der Waals surface area contributed by atoms with Crippen molar-refractivity contribution in [2.45, 2.75) is 42.6 Å². The normalized spacial score (nSPS) is 21.3. The summed E-state index contributed by atoms with van der Waals surface area (Å²) in [5.41, 5.74) is 1.11. The molecule has 0 radical (unpaired) electrons. The van der Waals surface area contributed by atoms with E-state index in [1.807, 2.05) is 44.2 Å². The molecule has 6 nitrogen and oxygen atoms in total. The van der Waals surface area contributed by atoms with E-state index in [9.17, 15) is 16.8 Å². The zero-order valence-electron chi connectivity index (χ0n) is 16.6. The highest BCUT2D eigenvalue weighted by atomic mass is 32.2. The SMILES string of the molecule is CC(C)Oc1ccc(S(=O)(=O)[C@H]2CS(=O)(=O)C[C@@H]2NCCc2ccccc2)cc1. The molecule has 1 saturated heterocycles. The van der Waals surface area contributed by atoms with Gasteiger partial charge in [-0.3, -0.25) is 0 Å². The number of ether oxygens (including phenoxy) is 1. The zero-order chi connectivity index (χ0) is 21.1. The quantitative estimate of drug-likeness (QED) is 0.681. The molecule has 1 heterocycles. The van der Waals surface area contributed by atoms with Gasteiger partial charge in [0.05, 0.1) is 27.8 Å². The fourth-order valence-electron chi connectivity index (χ4n) is 3.51. The van der Waals surface area contributed by atoms with Gasteiger partial charge in [-0.05, 0) is 56.6 Å². The van der Waals surface area contributed by atoms with E-state index in [-0.39, 0.29) is 22.5 Å². The number of rotatable bonds is 8. The molecular weight excluding hydrogens is 410 g/mol. The van der Waals surface area contributed by atoms with Gasteiger partial charge in [-0.1, -0.05) is 30.3 Å². The average molecular weight is 438 g/mol. The van der Waals surface area contributed by atoms with Gasteiger partial charge in [0, 0.05) is 6.04 Å². The zero-order valence-corrected chi connectivity index (χ0v) is 18.2. The summed E-state index contributed by atoms with van der Waals surface area (Å²) in [5, 5.41) is 2.17. The van der Waals surface area contributed by atoms with Crippen LogP contribution in [0.2, 0.25) is 0 Å². The van der Waals surface area contributed by atoms with Gasteiger partial charge in [-0.15, -0.1) is 0 Å². The van der Waals surface area contributed by atoms with E-state index in [0.29, 0.717) is 18.7 Å². The van der Waals surface area contributed by atoms with E-state index in [4.69, 9.17) is 4.74 Å². The molecule has 0 spiro atoms. The predicted octanol–water partition coefficient (Wildman–Crippen LogP) is 2.25. The van der Waals surface area contributed by atoms with Crippen molar-refractivity contribution in [3.63, 3.8) is 0 Å². The molecule has 0 amide bonds. The Morgan fingerprint density at radius 1 is 1.03 bits per heavy atom. The Balaban J connectivity index is 1.74. The summed E-state index contributed by atoms with van der Waals surface area (Å²) in [6.45, 7) is 4.29. The van der Waals surface area contributed by atoms with Crippen LogP contribution in [0.1, 0.15) is 19.4 Å². The molecule has 0 aliphatic carbocycles. The Kier molecular flexibility index (Phi) is 6.65. The van der Waals surface area contributed by atoms with Gasteiger partial charge in [0.15, 0.2) is 19.7 Å². The molecule has 1 aliphatic rings. The van der Waals surface area contributed by atoms with Crippen LogP contribution in [0, 0.1) is 0 Å². The smallest absolute Gasteiger partial charge is 0.183 e. The van der Waals surface area contributed by atoms with E-state index < -0.39 is 31.0 Å². The third kappa shape index (κ3) is 5.58. The second kappa shape index (κ2) is 8.85. The molecule has 29 heavy (non-hydrogen) atoms. The minimum absolute atomic E-state index is 0.0179. The monoisotopic (exact) mass is 437 g/mol. The van der Waals surface area contributed by atoms with Crippen LogP contribution < -0.4 is 10.1 Å². The average Bonchev–Trinajstić information content (AvgIpc) is 2.98. The first-order chi connectivity index (χ1) is 13.7. The molecule has 1 aliphatic heterocycles. The third-order valence-electron chi connectivity index (χ3n) is 4.89. The van der Waals surface area contributed by atoms with E-state index in [0.717, 1.165) is 5.56 Å². The summed E-state index contributed by atoms with van der Waals surface area (Å²) in [6.07, 6.45) is 0.682. The van der Waals surface area contributed by atoms with Crippen molar-refractivity contribution >= 4 is 19.7 Å². The van der Waals surface area contributed by atoms with Gasteiger partial charge >= 0.3 is 0 Å². The molecule has 2 aromatic rings. The Bertz CT molecular complexity index is 1020. The van der Waals surface area contributed by atoms with Crippen molar-refractivity contribution in [1.29, 1.82) is 0 Å². The van der Waals surface area contributed by atoms with Crippen molar-refractivity contribution in [2.75, 3.05) is 18.1 Å². The molecule has 1 fully saturated rings. The number of nitrogens with one attached hydrogen (secondary N) is 1. The Hall–Kier alpha value is -1.90. The first kappa shape index (κ1) is 21.8. The Morgan fingerprint density at radius 3 is 2.31 bits per heavy atom. The van der Waals surface area contributed by atoms with Gasteiger partial charge in [-0.25, -0.2) is 16.8 Å². The first-order valence-corrected chi connectivity index (χ1v) is 13.0. The van der Waals surface area contributed by atoms with Crippen LogP contribution in [0.25, 0.3) is 0 Å². The van der Waals surface area contributed by atoms with Gasteiger partial charge in [0.2, 0.25) is 0 Å². The highest BCUT2D eigenvalue weighted by Gasteiger charge is 2.45. The molecule has 158 valence electrons. The summed E-state index contributed by atoms with van der Waals surface area (Å²) < 4.78 is 56.3. The van der Waals surface area contributed by atoms with Gasteiger partial charge in [0.25, 0.3) is 0 Å². The second-order valence-corrected chi connectivity index (χ2v) is 11.9. The van der Waals surface area contributed by atoms with Crippen LogP contribution in [0.3, 0.4) is 0 Å². The van der Waals surface area contributed by atoms with Gasteiger partial charge < -0.3 is 10.1 Å². The van der Waals surface area contributed by atoms with Crippen molar-refractivity contribution in [3.05, 3.63) is 60.2 Å². The lowest BCUT2D eigenvalue weighted by atomic mass is 10.1. The number of hydrogen-bond donors (Lipinski definition) is 1. The van der Waals surface area contributed by atoms with Crippen molar-refractivity contribution in [1.82, 2.24) is 5.32 Å². The maximum Gasteiger partial charge on any atom is 0.183 e. The lowest BCUT2D eigenvalue weighted by molar-refractivity contribution is 0.242. The van der Waals surface area contributed by atoms with Crippen LogP contribution in [-0.2, 0) is 26.1 Å². The summed E-state index contributed by atoms with van der Waals surface area (Å²) in [5.74, 6) is 0.0542. The summed E-state index contributed by atoms with van der Waals surface area (Å²) >= 11 is 0. The minimum Gasteiger partial charge on any atom is -0.491 e. The number of sulfone groups is 2. The topological polar surface area (TPSA) is 89.5 Å². The van der Waals surface area contributed by atoms with E-state index >= 15 is 0 Å². The number of benzene rings is 2. The van der Waals surface area contributed by atoms with Crippen molar-refractivity contribution in [3.8, 4) is 5.75 Å². The highest BCUT2D eigenvalue weighted by Crippen LogP contribution is 2.27. The minimum atomic E-state index is -3.80. The van der Waals surface area contributed by atoms with Crippen LogP contribution in [-0.4, -0.2) is 52.3 Å². The molecule has 0 saturated carbocycles.